The van der Waals surface area contributed by atoms with Gasteiger partial charge in [0.1, 0.15) is 35.4 Å². The zero-order chi connectivity index (χ0) is 47.6. The number of urea groups is 2. The van der Waals surface area contributed by atoms with E-state index in [9.17, 15) is 20.1 Å². The molecule has 66 heavy (non-hydrogen) atoms. The molecule has 6 heterocycles. The number of aromatic nitrogens is 4. The molecule has 352 valence electrons. The molecule has 4 aromatic rings. The highest BCUT2D eigenvalue weighted by atomic mass is 16.5. The van der Waals surface area contributed by atoms with Gasteiger partial charge in [0.15, 0.2) is 0 Å². The van der Waals surface area contributed by atoms with Gasteiger partial charge in [-0.2, -0.15) is 10.5 Å². The van der Waals surface area contributed by atoms with Gasteiger partial charge in [0, 0.05) is 73.7 Å². The van der Waals surface area contributed by atoms with Crippen LogP contribution in [0.3, 0.4) is 0 Å². The zero-order valence-corrected chi connectivity index (χ0v) is 39.8. The maximum absolute atomic E-state index is 13.2. The van der Waals surface area contributed by atoms with Gasteiger partial charge in [-0.15, -0.1) is 0 Å². The summed E-state index contributed by atoms with van der Waals surface area (Å²) in [6.45, 7) is 9.10. The molecule has 0 spiro atoms. The third-order valence-corrected chi connectivity index (χ3v) is 11.7. The first-order valence-corrected chi connectivity index (χ1v) is 22.7. The number of hydrogen-bond donors (Lipinski definition) is 3. The lowest BCUT2D eigenvalue weighted by Gasteiger charge is -2.30. The van der Waals surface area contributed by atoms with Crippen LogP contribution in [0.5, 0.6) is 0 Å². The second-order valence-electron chi connectivity index (χ2n) is 16.3. The lowest BCUT2D eigenvalue weighted by molar-refractivity contribution is 0.115. The third kappa shape index (κ3) is 13.0. The Morgan fingerprint density at radius 2 is 1.15 bits per heavy atom. The predicted octanol–water partition coefficient (Wildman–Crippen LogP) is 7.91. The van der Waals surface area contributed by atoms with Crippen LogP contribution < -0.4 is 25.8 Å². The summed E-state index contributed by atoms with van der Waals surface area (Å²) in [5.41, 5.74) is 8.78. The average molecular weight is 904 g/mol. The van der Waals surface area contributed by atoms with E-state index in [2.05, 4.69) is 57.1 Å². The first-order valence-electron chi connectivity index (χ1n) is 22.7. The van der Waals surface area contributed by atoms with Gasteiger partial charge in [0.05, 0.1) is 34.7 Å². The van der Waals surface area contributed by atoms with Crippen molar-refractivity contribution in [2.45, 2.75) is 104 Å². The Morgan fingerprint density at radius 3 is 1.56 bits per heavy atom. The van der Waals surface area contributed by atoms with E-state index in [4.69, 9.17) is 28.9 Å². The highest BCUT2D eigenvalue weighted by Gasteiger charge is 2.29. The summed E-state index contributed by atoms with van der Waals surface area (Å²) in [6, 6.07) is 11.6. The minimum Gasteiger partial charge on any atom is -0.385 e. The van der Waals surface area contributed by atoms with Crippen LogP contribution in [-0.2, 0) is 57.6 Å². The van der Waals surface area contributed by atoms with Crippen LogP contribution in [0.1, 0.15) is 121 Å². The standard InChI is InChI=1S/C25H33N5O3.C24H32N6O3/c1-5-8-19-13-20-9-6-11-30(24(20)29-23(19)17(2)33-4)25(31)28-22-14-18(10-7-12-32-3)21(15-26)16-27-22;1-16(33-4)22-19(14-26-2)11-18-7-5-9-30(23(18)29-22)24(31)28-21-12-17(8-6-10-32-3)20(13-25)15-27-21/h13-14,16-17H,5-12H2,1-4H3,(H,27,28,31);11-12,15-16,26H,5-10,14H2,1-4H3,(H,27,28,31). The normalized spacial score (nSPS) is 13.8. The molecule has 17 nitrogen and oxygen atoms in total. The summed E-state index contributed by atoms with van der Waals surface area (Å²) in [5, 5.41) is 27.7. The number of hydrogen-bond acceptors (Lipinski definition) is 13. The highest BCUT2D eigenvalue weighted by molar-refractivity contribution is 6.02. The summed E-state index contributed by atoms with van der Waals surface area (Å²) in [5.74, 6) is 2.18. The van der Waals surface area contributed by atoms with Gasteiger partial charge in [-0.25, -0.2) is 29.5 Å². The van der Waals surface area contributed by atoms with Crippen molar-refractivity contribution in [1.82, 2.24) is 25.3 Å². The van der Waals surface area contributed by atoms with E-state index in [0.717, 1.165) is 90.6 Å². The summed E-state index contributed by atoms with van der Waals surface area (Å²) in [4.78, 5) is 48.1. The summed E-state index contributed by atoms with van der Waals surface area (Å²) < 4.78 is 21.3. The fourth-order valence-electron chi connectivity index (χ4n) is 8.15. The Kier molecular flexibility index (Phi) is 19.7. The summed E-state index contributed by atoms with van der Waals surface area (Å²) in [7, 11) is 8.52. The molecular formula is C49H65N11O6. The van der Waals surface area contributed by atoms with E-state index in [0.29, 0.717) is 80.1 Å². The molecule has 0 saturated carbocycles. The highest BCUT2D eigenvalue weighted by Crippen LogP contribution is 2.33. The van der Waals surface area contributed by atoms with E-state index in [-0.39, 0.29) is 24.3 Å². The number of nitrogens with one attached hydrogen (secondary N) is 3. The number of rotatable bonds is 18. The van der Waals surface area contributed by atoms with Gasteiger partial charge in [0.25, 0.3) is 0 Å². The van der Waals surface area contributed by atoms with Crippen molar-refractivity contribution >= 4 is 35.3 Å². The van der Waals surface area contributed by atoms with Gasteiger partial charge in [-0.3, -0.25) is 20.4 Å². The number of methoxy groups -OCH3 is 4. The van der Waals surface area contributed by atoms with Crippen molar-refractivity contribution in [3.8, 4) is 12.1 Å². The second kappa shape index (κ2) is 25.6. The number of nitriles is 2. The molecule has 17 heteroatoms. The zero-order valence-electron chi connectivity index (χ0n) is 39.8. The molecule has 4 aromatic heterocycles. The maximum Gasteiger partial charge on any atom is 0.328 e. The van der Waals surface area contributed by atoms with E-state index < -0.39 is 0 Å². The van der Waals surface area contributed by atoms with E-state index in [1.807, 2.05) is 20.9 Å². The first-order chi connectivity index (χ1) is 32.0. The monoisotopic (exact) mass is 904 g/mol. The molecule has 6 rings (SSSR count). The number of fused-ring (bicyclic) bond motifs is 2. The number of ether oxygens (including phenoxy) is 4. The number of carbonyl (C=O) groups is 2. The largest absolute Gasteiger partial charge is 0.385 e. The average Bonchev–Trinajstić information content (AvgIpc) is 3.33. The SMILES string of the molecule is CCCc1cc2c(nc1C(C)OC)N(C(=O)Nc1cc(CCCOC)c(C#N)cn1)CCC2.CNCc1cc2c(nc1C(C)OC)N(C(=O)Nc1cc(CCCOC)c(C#N)cn1)CCC2. The first kappa shape index (κ1) is 50.9. The van der Waals surface area contributed by atoms with Gasteiger partial charge in [0.2, 0.25) is 0 Å². The van der Waals surface area contributed by atoms with Gasteiger partial charge in [-0.1, -0.05) is 19.4 Å². The van der Waals surface area contributed by atoms with E-state index in [1.165, 1.54) is 18.0 Å². The molecule has 0 aromatic carbocycles. The van der Waals surface area contributed by atoms with Crippen molar-refractivity contribution in [2.75, 3.05) is 82.2 Å². The summed E-state index contributed by atoms with van der Waals surface area (Å²) >= 11 is 0. The number of nitrogens with zero attached hydrogens (tertiary/aromatic N) is 8. The van der Waals surface area contributed by atoms with Gasteiger partial charge < -0.3 is 24.3 Å². The second-order valence-corrected chi connectivity index (χ2v) is 16.3. The Labute approximate surface area is 389 Å². The number of pyridine rings is 4. The molecule has 2 aliphatic rings. The summed E-state index contributed by atoms with van der Waals surface area (Å²) in [6.07, 6.45) is 11.0. The molecular weight excluding hydrogens is 839 g/mol. The lowest BCUT2D eigenvalue weighted by Crippen LogP contribution is -2.40. The molecule has 4 amide bonds. The fraction of sp³-hybridized carbons (Fsp3) is 0.510. The minimum absolute atomic E-state index is 0.154. The van der Waals surface area contributed by atoms with Crippen LogP contribution in [0.25, 0.3) is 0 Å². The van der Waals surface area contributed by atoms with E-state index >= 15 is 0 Å². The molecule has 0 saturated heterocycles. The molecule has 0 fully saturated rings. The van der Waals surface area contributed by atoms with Crippen molar-refractivity contribution < 1.29 is 28.5 Å². The van der Waals surface area contributed by atoms with Crippen LogP contribution in [0.4, 0.5) is 32.9 Å². The number of carbonyl (C=O) groups excluding carboxylic acids is 2. The number of anilines is 4. The van der Waals surface area contributed by atoms with Gasteiger partial charge >= 0.3 is 12.1 Å². The topological polar surface area (TPSA) is 213 Å². The fourth-order valence-corrected chi connectivity index (χ4v) is 8.15. The van der Waals surface area contributed by atoms with Crippen LogP contribution in [0.2, 0.25) is 0 Å². The molecule has 0 aliphatic carbocycles. The van der Waals surface area contributed by atoms with Crippen molar-refractivity contribution in [1.29, 1.82) is 10.5 Å². The van der Waals surface area contributed by atoms with Crippen LogP contribution >= 0.6 is 0 Å². The Bertz CT molecular complexity index is 2200. The van der Waals surface area contributed by atoms with E-state index in [1.54, 1.807) is 50.4 Å². The predicted molar refractivity (Wildman–Crippen MR) is 254 cm³/mol. The minimum atomic E-state index is -0.291. The third-order valence-electron chi connectivity index (χ3n) is 11.7. The van der Waals surface area contributed by atoms with Crippen molar-refractivity contribution in [3.63, 3.8) is 0 Å². The number of aryl methyl sites for hydroxylation is 5. The van der Waals surface area contributed by atoms with Gasteiger partial charge in [-0.05, 0) is 130 Å². The molecule has 2 atom stereocenters. The molecule has 0 radical (unpaired) electrons. The van der Waals surface area contributed by atoms with Crippen LogP contribution in [0, 0.1) is 22.7 Å². The smallest absolute Gasteiger partial charge is 0.328 e. The molecule has 2 aliphatic heterocycles. The number of amides is 4. The van der Waals surface area contributed by atoms with Crippen molar-refractivity contribution in [2.24, 2.45) is 0 Å². The quantitative estimate of drug-likeness (QED) is 0.0811. The van der Waals surface area contributed by atoms with Crippen molar-refractivity contribution in [3.05, 3.63) is 92.6 Å². The Morgan fingerprint density at radius 1 is 0.697 bits per heavy atom. The van der Waals surface area contributed by atoms with Crippen LogP contribution in [-0.4, -0.2) is 93.8 Å². The molecule has 3 N–H and O–H groups in total. The maximum atomic E-state index is 13.2. The Hall–Kier alpha value is -6.08. The van der Waals surface area contributed by atoms with Crippen LogP contribution in [0.15, 0.2) is 36.7 Å². The Balaban J connectivity index is 0.000000247. The molecule has 0 bridgehead atoms. The lowest BCUT2D eigenvalue weighted by atomic mass is 9.98. The molecule has 2 unspecified atom stereocenters.